The van der Waals surface area contributed by atoms with Crippen LogP contribution < -0.4 is 0 Å². The lowest BCUT2D eigenvalue weighted by atomic mass is 9.89. The van der Waals surface area contributed by atoms with Crippen LogP contribution in [0.3, 0.4) is 0 Å². The van der Waals surface area contributed by atoms with Crippen LogP contribution in [0, 0.1) is 5.92 Å². The maximum absolute atomic E-state index is 11.5. The van der Waals surface area contributed by atoms with Gasteiger partial charge in [-0.25, -0.2) is 0 Å². The van der Waals surface area contributed by atoms with E-state index in [1.54, 1.807) is 0 Å². The largest absolute Gasteiger partial charge is 0.309 e. The third-order valence-corrected chi connectivity index (χ3v) is 4.25. The Bertz CT molecular complexity index is 257. The maximum Gasteiger partial charge on any atom is 0.134 e. The zero-order chi connectivity index (χ0) is 12.3. The van der Waals surface area contributed by atoms with E-state index in [1.165, 1.54) is 38.9 Å². The van der Waals surface area contributed by atoms with Gasteiger partial charge >= 0.3 is 0 Å². The predicted molar refractivity (Wildman–Crippen MR) is 70.1 cm³/mol. The summed E-state index contributed by atoms with van der Waals surface area (Å²) in [7, 11) is 4.32. The minimum atomic E-state index is 0.483. The van der Waals surface area contributed by atoms with Crippen LogP contribution in [-0.4, -0.2) is 55.4 Å². The molecule has 2 rings (SSSR count). The first kappa shape index (κ1) is 13.0. The number of hydrogen-bond donors (Lipinski definition) is 0. The van der Waals surface area contributed by atoms with Crippen molar-refractivity contribution in [3.05, 3.63) is 0 Å². The van der Waals surface area contributed by atoms with E-state index in [4.69, 9.17) is 0 Å². The van der Waals surface area contributed by atoms with Crippen molar-refractivity contribution in [2.24, 2.45) is 5.92 Å². The van der Waals surface area contributed by atoms with Gasteiger partial charge in [-0.15, -0.1) is 0 Å². The zero-order valence-corrected chi connectivity index (χ0v) is 11.3. The van der Waals surface area contributed by atoms with Crippen molar-refractivity contribution in [2.45, 2.75) is 44.6 Å². The van der Waals surface area contributed by atoms with Crippen LogP contribution in [-0.2, 0) is 4.79 Å². The zero-order valence-electron chi connectivity index (χ0n) is 11.3. The molecule has 1 heterocycles. The Balaban J connectivity index is 1.76. The Labute approximate surface area is 105 Å². The second-order valence-corrected chi connectivity index (χ2v) is 6.03. The summed E-state index contributed by atoms with van der Waals surface area (Å²) in [5.74, 6) is 1.34. The quantitative estimate of drug-likeness (QED) is 0.748. The summed E-state index contributed by atoms with van der Waals surface area (Å²) >= 11 is 0. The molecule has 0 unspecified atom stereocenters. The number of piperidine rings is 1. The second-order valence-electron chi connectivity index (χ2n) is 6.03. The predicted octanol–water partition coefficient (Wildman–Crippen LogP) is 1.77. The molecular weight excluding hydrogens is 212 g/mol. The van der Waals surface area contributed by atoms with Crippen LogP contribution in [0.4, 0.5) is 0 Å². The number of rotatable bonds is 3. The first-order valence-electron chi connectivity index (χ1n) is 7.05. The normalized spacial score (nSPS) is 28.9. The number of hydrogen-bond acceptors (Lipinski definition) is 3. The molecule has 1 atom stereocenters. The van der Waals surface area contributed by atoms with Gasteiger partial charge < -0.3 is 4.90 Å². The molecular formula is C14H26N2O. The van der Waals surface area contributed by atoms with E-state index >= 15 is 0 Å². The van der Waals surface area contributed by atoms with Crippen molar-refractivity contribution in [1.82, 2.24) is 9.80 Å². The summed E-state index contributed by atoms with van der Waals surface area (Å²) < 4.78 is 0. The third-order valence-electron chi connectivity index (χ3n) is 4.25. The van der Waals surface area contributed by atoms with E-state index in [1.807, 2.05) is 0 Å². The summed E-state index contributed by atoms with van der Waals surface area (Å²) in [6, 6.07) is 0.566. The van der Waals surface area contributed by atoms with Crippen LogP contribution in [0.25, 0.3) is 0 Å². The first-order valence-corrected chi connectivity index (χ1v) is 7.05. The summed E-state index contributed by atoms with van der Waals surface area (Å²) in [5.41, 5.74) is 0. The van der Waals surface area contributed by atoms with E-state index in [0.29, 0.717) is 11.8 Å². The Morgan fingerprint density at radius 1 is 1.24 bits per heavy atom. The number of Topliss-reactive ketones (excluding diaryl/α,β-unsaturated/α-hetero) is 1. The number of nitrogens with zero attached hydrogens (tertiary/aromatic N) is 2. The average Bonchev–Trinajstić information content (AvgIpc) is 2.29. The van der Waals surface area contributed by atoms with Crippen LogP contribution in [0.1, 0.15) is 38.5 Å². The summed E-state index contributed by atoms with van der Waals surface area (Å²) in [6.45, 7) is 3.63. The summed E-state index contributed by atoms with van der Waals surface area (Å²) in [4.78, 5) is 16.4. The molecule has 0 aromatic heterocycles. The van der Waals surface area contributed by atoms with Crippen molar-refractivity contribution >= 4 is 5.78 Å². The lowest BCUT2D eigenvalue weighted by Crippen LogP contribution is -2.45. The standard InChI is InChI=1S/C14H26N2O/c1-15(2)11-12-6-8-16(9-7-12)13-4-3-5-14(17)10-13/h12-13H,3-11H2,1-2H3/t13-/m0/s1. The molecule has 98 valence electrons. The maximum atomic E-state index is 11.5. The lowest BCUT2D eigenvalue weighted by molar-refractivity contribution is -0.122. The van der Waals surface area contributed by atoms with Gasteiger partial charge in [0.1, 0.15) is 5.78 Å². The molecule has 0 spiro atoms. The fourth-order valence-electron chi connectivity index (χ4n) is 3.33. The van der Waals surface area contributed by atoms with E-state index in [2.05, 4.69) is 23.9 Å². The van der Waals surface area contributed by atoms with E-state index in [-0.39, 0.29) is 0 Å². The van der Waals surface area contributed by atoms with Crippen LogP contribution >= 0.6 is 0 Å². The van der Waals surface area contributed by atoms with Gasteiger partial charge in [0, 0.05) is 25.4 Å². The van der Waals surface area contributed by atoms with E-state index in [0.717, 1.165) is 25.2 Å². The van der Waals surface area contributed by atoms with Gasteiger partial charge in [-0.2, -0.15) is 0 Å². The Morgan fingerprint density at radius 2 is 1.94 bits per heavy atom. The van der Waals surface area contributed by atoms with Gasteiger partial charge in [0.05, 0.1) is 0 Å². The molecule has 3 nitrogen and oxygen atoms in total. The van der Waals surface area contributed by atoms with Crippen LogP contribution in [0.2, 0.25) is 0 Å². The van der Waals surface area contributed by atoms with Gasteiger partial charge in [-0.1, -0.05) is 0 Å². The summed E-state index contributed by atoms with van der Waals surface area (Å²) in [5, 5.41) is 0. The molecule has 3 heteroatoms. The van der Waals surface area contributed by atoms with Crippen molar-refractivity contribution in [3.8, 4) is 0 Å². The smallest absolute Gasteiger partial charge is 0.134 e. The molecule has 1 aliphatic carbocycles. The fraction of sp³-hybridized carbons (Fsp3) is 0.929. The van der Waals surface area contributed by atoms with Crippen molar-refractivity contribution < 1.29 is 4.79 Å². The van der Waals surface area contributed by atoms with E-state index in [9.17, 15) is 4.79 Å². The Morgan fingerprint density at radius 3 is 2.53 bits per heavy atom. The minimum Gasteiger partial charge on any atom is -0.309 e. The Kier molecular flexibility index (Phi) is 4.57. The van der Waals surface area contributed by atoms with Gasteiger partial charge in [-0.05, 0) is 58.8 Å². The van der Waals surface area contributed by atoms with Gasteiger partial charge in [0.15, 0.2) is 0 Å². The molecule has 0 bridgehead atoms. The number of ketones is 1. The molecule has 1 aliphatic heterocycles. The van der Waals surface area contributed by atoms with Gasteiger partial charge in [0.25, 0.3) is 0 Å². The lowest BCUT2D eigenvalue weighted by Gasteiger charge is -2.39. The van der Waals surface area contributed by atoms with E-state index < -0.39 is 0 Å². The van der Waals surface area contributed by atoms with Crippen molar-refractivity contribution in [1.29, 1.82) is 0 Å². The molecule has 2 aliphatic rings. The van der Waals surface area contributed by atoms with Crippen LogP contribution in [0.15, 0.2) is 0 Å². The number of carbonyl (C=O) groups excluding carboxylic acids is 1. The fourth-order valence-corrected chi connectivity index (χ4v) is 3.33. The Hall–Kier alpha value is -0.410. The number of carbonyl (C=O) groups is 1. The number of likely N-dealkylation sites (tertiary alicyclic amines) is 1. The topological polar surface area (TPSA) is 23.6 Å². The molecule has 0 radical (unpaired) electrons. The highest BCUT2D eigenvalue weighted by Crippen LogP contribution is 2.25. The third kappa shape index (κ3) is 3.78. The minimum absolute atomic E-state index is 0.483. The highest BCUT2D eigenvalue weighted by Gasteiger charge is 2.28. The average molecular weight is 238 g/mol. The second kappa shape index (κ2) is 5.96. The molecule has 1 saturated heterocycles. The summed E-state index contributed by atoms with van der Waals surface area (Å²) in [6.07, 6.45) is 6.61. The molecule has 0 aromatic carbocycles. The highest BCUT2D eigenvalue weighted by molar-refractivity contribution is 5.79. The molecule has 1 saturated carbocycles. The first-order chi connectivity index (χ1) is 8.15. The molecule has 0 amide bonds. The van der Waals surface area contributed by atoms with Crippen LogP contribution in [0.5, 0.6) is 0 Å². The molecule has 2 fully saturated rings. The van der Waals surface area contributed by atoms with Crippen molar-refractivity contribution in [2.75, 3.05) is 33.7 Å². The van der Waals surface area contributed by atoms with Crippen molar-refractivity contribution in [3.63, 3.8) is 0 Å². The SMILES string of the molecule is CN(C)CC1CCN([C@H]2CCCC(=O)C2)CC1. The molecule has 0 N–H and O–H groups in total. The highest BCUT2D eigenvalue weighted by atomic mass is 16.1. The van der Waals surface area contributed by atoms with Gasteiger partial charge in [-0.3, -0.25) is 9.69 Å². The monoisotopic (exact) mass is 238 g/mol. The van der Waals surface area contributed by atoms with Gasteiger partial charge in [0.2, 0.25) is 0 Å². The molecule has 17 heavy (non-hydrogen) atoms. The molecule has 0 aromatic rings.